The van der Waals surface area contributed by atoms with E-state index < -0.39 is 20.0 Å². The molecule has 4 aromatic carbocycles. The summed E-state index contributed by atoms with van der Waals surface area (Å²) in [4.78, 5) is -0.0786. The number of hydrogen-bond acceptors (Lipinski definition) is 12. The van der Waals surface area contributed by atoms with Crippen molar-refractivity contribution in [3.63, 3.8) is 0 Å². The number of nitrogens with one attached hydrogen (secondary N) is 3. The molecule has 306 valence electrons. The Morgan fingerprint density at radius 1 is 0.625 bits per heavy atom. The lowest BCUT2D eigenvalue weighted by Crippen LogP contribution is -2.32. The fraction of sp³-hybridized carbons (Fsp3) is 0.400. The number of nitrogens with two attached hydrogens (primary N) is 1. The molecule has 0 aliphatic carbocycles. The molecule has 0 amide bonds. The van der Waals surface area contributed by atoms with E-state index in [1.807, 2.05) is 76.2 Å². The molecule has 4 rings (SSSR count). The zero-order valence-electron chi connectivity index (χ0n) is 32.8. The van der Waals surface area contributed by atoms with E-state index in [-0.39, 0.29) is 33.4 Å². The van der Waals surface area contributed by atoms with Gasteiger partial charge in [0, 0.05) is 25.2 Å². The van der Waals surface area contributed by atoms with Crippen LogP contribution in [0.4, 0.5) is 0 Å². The van der Waals surface area contributed by atoms with Crippen molar-refractivity contribution in [2.24, 2.45) is 5.14 Å². The van der Waals surface area contributed by atoms with Gasteiger partial charge in [-0.1, -0.05) is 24.3 Å². The van der Waals surface area contributed by atoms with Crippen LogP contribution in [0, 0.1) is 4.78 Å². The predicted octanol–water partition coefficient (Wildman–Crippen LogP) is 5.89. The highest BCUT2D eigenvalue weighted by molar-refractivity contribution is 7.89. The molecule has 16 heteroatoms. The maximum Gasteiger partial charge on any atom is 0.241 e. The molecular weight excluding hydrogens is 761 g/mol. The monoisotopic (exact) mass is 814 g/mol. The molecule has 56 heavy (non-hydrogen) atoms. The Morgan fingerprint density at radius 2 is 1.04 bits per heavy atom. The molecule has 0 saturated carbocycles. The minimum Gasteiger partial charge on any atom is -0.495 e. The zero-order valence-corrected chi connectivity index (χ0v) is 34.4. The van der Waals surface area contributed by atoms with Gasteiger partial charge in [-0.05, 0) is 111 Å². The number of benzene rings is 4. The fourth-order valence-corrected chi connectivity index (χ4v) is 7.55. The van der Waals surface area contributed by atoms with Crippen LogP contribution < -0.4 is 44.2 Å². The van der Waals surface area contributed by atoms with E-state index in [2.05, 4.69) is 10.6 Å². The van der Waals surface area contributed by atoms with Crippen LogP contribution in [0.1, 0.15) is 38.8 Å². The maximum atomic E-state index is 12.0. The molecule has 0 radical (unpaired) electrons. The number of sulfonamides is 1. The first-order valence-electron chi connectivity index (χ1n) is 18.3. The van der Waals surface area contributed by atoms with E-state index in [0.717, 1.165) is 22.3 Å². The zero-order chi connectivity index (χ0) is 40.9. The van der Waals surface area contributed by atoms with Gasteiger partial charge in [0.05, 0.1) is 27.4 Å². The van der Waals surface area contributed by atoms with Gasteiger partial charge < -0.3 is 39.1 Å². The lowest BCUT2D eigenvalue weighted by Gasteiger charge is -2.18. The van der Waals surface area contributed by atoms with E-state index in [1.54, 1.807) is 24.3 Å². The lowest BCUT2D eigenvalue weighted by atomic mass is 10.0. The third-order valence-electron chi connectivity index (χ3n) is 8.67. The normalized spacial score (nSPS) is 13.6. The van der Waals surface area contributed by atoms with E-state index in [4.69, 9.17) is 38.3 Å². The van der Waals surface area contributed by atoms with Crippen molar-refractivity contribution in [3.05, 3.63) is 83.9 Å². The molecule has 6 N–H and O–H groups in total. The molecule has 0 heterocycles. The molecule has 0 aromatic heterocycles. The Labute approximate surface area is 330 Å². The Balaban J connectivity index is 1.32. The van der Waals surface area contributed by atoms with Gasteiger partial charge in [0.2, 0.25) is 10.0 Å². The lowest BCUT2D eigenvalue weighted by molar-refractivity contribution is 0.272. The van der Waals surface area contributed by atoms with Gasteiger partial charge in [0.25, 0.3) is 0 Å². The Kier molecular flexibility index (Phi) is 16.2. The predicted molar refractivity (Wildman–Crippen MR) is 217 cm³/mol. The second kappa shape index (κ2) is 20.5. The first-order valence-corrected chi connectivity index (χ1v) is 21.4. The average molecular weight is 815 g/mol. The highest BCUT2D eigenvalue weighted by Crippen LogP contribution is 2.37. The maximum absolute atomic E-state index is 12.0. The Bertz CT molecular complexity index is 1980. The fourth-order valence-electron chi connectivity index (χ4n) is 6.07. The first kappa shape index (κ1) is 44.1. The van der Waals surface area contributed by atoms with E-state index in [0.29, 0.717) is 75.4 Å². The standard InChI is InChI=1S/C40H54N4O10S2/c1-7-51-37-25-31(11-15-33(37)53-19-17-43-27(3)21-29-9-13-35(49-5)39(23-29)55(41,45)46)32-12-16-34(38(26-32)52-8-2)54-20-18-44-28(4)22-30-10-14-36(50-6)40(24-30)56(42,47)48/h9-16,23-28,43-44H,7-8,17-22H2,1-6H3,(H2,41,45,46)(H2,42,47,48)/t27-,28-/m1/s1. The Hall–Kier alpha value is -4.58. The summed E-state index contributed by atoms with van der Waals surface area (Å²) in [6.45, 7) is 10.6. The summed E-state index contributed by atoms with van der Waals surface area (Å²) in [5, 5.41) is 12.2. The van der Waals surface area contributed by atoms with Gasteiger partial charge in [-0.15, -0.1) is 0 Å². The second-order valence-corrected chi connectivity index (χ2v) is 16.1. The third-order valence-corrected chi connectivity index (χ3v) is 10.5. The molecule has 0 spiro atoms. The number of ether oxygens (including phenoxy) is 6. The second-order valence-electron chi connectivity index (χ2n) is 13.0. The van der Waals surface area contributed by atoms with Crippen molar-refractivity contribution < 1.29 is 45.6 Å². The molecule has 0 aliphatic heterocycles. The Morgan fingerprint density at radius 3 is 1.43 bits per heavy atom. The SMILES string of the molecule is CCOc1cc(-c2ccc(OCCN[C@H](C)Cc3ccc(OC)c(S(N)(=O)=O)c3)c(OCC)c2)ccc1OCCN[C@H](C)Cc1ccc(OC)c(S(=N)(=O)O)c1. The van der Waals surface area contributed by atoms with Crippen LogP contribution in [0.2, 0.25) is 0 Å². The third kappa shape index (κ3) is 12.7. The summed E-state index contributed by atoms with van der Waals surface area (Å²) >= 11 is 0. The summed E-state index contributed by atoms with van der Waals surface area (Å²) < 4.78 is 87.8. The number of hydrogen-bond donors (Lipinski definition) is 5. The van der Waals surface area contributed by atoms with Gasteiger partial charge in [0.15, 0.2) is 33.0 Å². The van der Waals surface area contributed by atoms with E-state index >= 15 is 0 Å². The van der Waals surface area contributed by atoms with Crippen LogP contribution in [0.25, 0.3) is 11.1 Å². The number of methoxy groups -OCH3 is 2. The van der Waals surface area contributed by atoms with Gasteiger partial charge in [-0.2, -0.15) is 0 Å². The van der Waals surface area contributed by atoms with Crippen LogP contribution in [0.15, 0.2) is 82.6 Å². The summed E-state index contributed by atoms with van der Waals surface area (Å²) in [6.07, 6.45) is 1.16. The molecule has 0 fully saturated rings. The van der Waals surface area contributed by atoms with Gasteiger partial charge in [-0.3, -0.25) is 4.55 Å². The van der Waals surface area contributed by atoms with Crippen LogP contribution >= 0.6 is 0 Å². The quantitative estimate of drug-likeness (QED) is 0.0557. The minimum atomic E-state index is -3.92. The average Bonchev–Trinajstić information content (AvgIpc) is 3.15. The van der Waals surface area contributed by atoms with E-state index in [9.17, 15) is 17.2 Å². The molecule has 0 bridgehead atoms. The molecule has 1 unspecified atom stereocenters. The van der Waals surface area contributed by atoms with Crippen molar-refractivity contribution in [3.8, 4) is 45.6 Å². The van der Waals surface area contributed by atoms with Crippen LogP contribution in [-0.2, 0) is 32.9 Å². The highest BCUT2D eigenvalue weighted by atomic mass is 32.2. The summed E-state index contributed by atoms with van der Waals surface area (Å²) in [6, 6.07) is 21.6. The summed E-state index contributed by atoms with van der Waals surface area (Å²) in [7, 11) is -5.03. The summed E-state index contributed by atoms with van der Waals surface area (Å²) in [5.41, 5.74) is 3.45. The van der Waals surface area contributed by atoms with Crippen molar-refractivity contribution >= 4 is 20.0 Å². The van der Waals surface area contributed by atoms with Crippen LogP contribution in [-0.4, -0.2) is 83.0 Å². The molecule has 4 aromatic rings. The van der Waals surface area contributed by atoms with E-state index in [1.165, 1.54) is 14.2 Å². The molecule has 0 aliphatic rings. The highest BCUT2D eigenvalue weighted by Gasteiger charge is 2.18. The number of primary sulfonamides is 1. The topological polar surface area (TPSA) is 201 Å². The van der Waals surface area contributed by atoms with Crippen LogP contribution in [0.3, 0.4) is 0 Å². The van der Waals surface area contributed by atoms with Crippen LogP contribution in [0.5, 0.6) is 34.5 Å². The number of rotatable bonds is 23. The summed E-state index contributed by atoms with van der Waals surface area (Å²) in [5.74, 6) is 2.87. The van der Waals surface area contributed by atoms with Gasteiger partial charge in [-0.25, -0.2) is 22.5 Å². The van der Waals surface area contributed by atoms with Crippen molar-refractivity contribution in [2.75, 3.05) is 53.7 Å². The van der Waals surface area contributed by atoms with Gasteiger partial charge >= 0.3 is 0 Å². The molecule has 0 saturated heterocycles. The molecular formula is C40H54N4O10S2. The largest absolute Gasteiger partial charge is 0.495 e. The van der Waals surface area contributed by atoms with Gasteiger partial charge in [0.1, 0.15) is 34.5 Å². The van der Waals surface area contributed by atoms with Crippen molar-refractivity contribution in [1.82, 2.24) is 10.6 Å². The molecule has 14 nitrogen and oxygen atoms in total. The smallest absolute Gasteiger partial charge is 0.241 e. The molecule has 3 atom stereocenters. The minimum absolute atomic E-state index is 0.0285. The first-order chi connectivity index (χ1) is 26.7. The van der Waals surface area contributed by atoms with Crippen molar-refractivity contribution in [1.29, 1.82) is 4.78 Å². The van der Waals surface area contributed by atoms with Crippen molar-refractivity contribution in [2.45, 2.75) is 62.4 Å².